The molecule has 0 fully saturated rings. The highest BCUT2D eigenvalue weighted by Gasteiger charge is 2.47. The van der Waals surface area contributed by atoms with Gasteiger partial charge in [0, 0.05) is 79.3 Å². The summed E-state index contributed by atoms with van der Waals surface area (Å²) >= 11 is 1.85. The van der Waals surface area contributed by atoms with Crippen molar-refractivity contribution < 1.29 is 4.57 Å². The van der Waals surface area contributed by atoms with Gasteiger partial charge < -0.3 is 4.57 Å². The van der Waals surface area contributed by atoms with Gasteiger partial charge in [-0.1, -0.05) is 124 Å². The van der Waals surface area contributed by atoms with Gasteiger partial charge in [-0.2, -0.15) is 14.5 Å². The van der Waals surface area contributed by atoms with E-state index in [4.69, 9.17) is 21.5 Å². The van der Waals surface area contributed by atoms with Crippen LogP contribution in [0.3, 0.4) is 0 Å². The van der Waals surface area contributed by atoms with Crippen molar-refractivity contribution in [1.29, 1.82) is 0 Å². The van der Waals surface area contributed by atoms with Gasteiger partial charge in [0.2, 0.25) is 11.6 Å². The number of nitrogens with zero attached hydrogens (tertiary/aromatic N) is 6. The van der Waals surface area contributed by atoms with E-state index >= 15 is 0 Å². The number of allylic oxidation sites excluding steroid dienone is 1. The van der Waals surface area contributed by atoms with E-state index in [2.05, 4.69) is 167 Å². The van der Waals surface area contributed by atoms with E-state index in [1.54, 1.807) is 0 Å². The topological polar surface area (TPSA) is 52.4 Å². The van der Waals surface area contributed by atoms with E-state index in [0.29, 0.717) is 17.6 Å². The van der Waals surface area contributed by atoms with Crippen LogP contribution in [0.4, 0.5) is 0 Å². The lowest BCUT2D eigenvalue weighted by atomic mass is 9.78. The Morgan fingerprint density at radius 2 is 1.13 bits per heavy atom. The molecule has 7 heteroatoms. The number of aromatic nitrogens is 6. The average molecular weight is 818 g/mol. The highest BCUT2D eigenvalue weighted by Crippen LogP contribution is 2.50. The number of hydrogen-bond acceptors (Lipinski definition) is 4. The van der Waals surface area contributed by atoms with Crippen LogP contribution in [0.15, 0.2) is 183 Å². The number of rotatable bonds is 7. The van der Waals surface area contributed by atoms with Crippen molar-refractivity contribution in [2.24, 2.45) is 0 Å². The molecular weight excluding hydrogens is 777 g/mol. The summed E-state index contributed by atoms with van der Waals surface area (Å²) in [6.45, 7) is 9.35. The summed E-state index contributed by atoms with van der Waals surface area (Å²) < 4.78 is 7.09. The maximum atomic E-state index is 5.28. The molecule has 62 heavy (non-hydrogen) atoms. The van der Waals surface area contributed by atoms with Crippen LogP contribution in [-0.2, 0) is 5.54 Å². The first-order chi connectivity index (χ1) is 30.5. The van der Waals surface area contributed by atoms with Crippen LogP contribution in [-0.4, -0.2) is 24.1 Å². The molecule has 0 spiro atoms. The fourth-order valence-corrected chi connectivity index (χ4v) is 11.2. The van der Waals surface area contributed by atoms with Crippen LogP contribution < -0.4 is 4.57 Å². The SMILES string of the molecule is C=C1c2cc(-c3ccc4c(c3)c3cc5c6ccccc6n(-c6ccccc6)c5cc3n4-c3nc(-c4ccccc4)nc(-c4ccccc4)n3)sc2-c2cccc[n+]2C1(CC)CC. The van der Waals surface area contributed by atoms with Gasteiger partial charge in [-0.05, 0) is 60.2 Å². The second-order valence-electron chi connectivity index (χ2n) is 16.2. The van der Waals surface area contributed by atoms with Gasteiger partial charge in [0.05, 0.1) is 22.1 Å². The molecule has 0 unspecified atom stereocenters. The molecule has 1 aliphatic rings. The van der Waals surface area contributed by atoms with Crippen LogP contribution in [0.1, 0.15) is 32.3 Å². The molecule has 0 aliphatic carbocycles. The lowest BCUT2D eigenvalue weighted by Crippen LogP contribution is -2.58. The number of hydrogen-bond donors (Lipinski definition) is 0. The van der Waals surface area contributed by atoms with Gasteiger partial charge in [-0.3, -0.25) is 4.57 Å². The summed E-state index contributed by atoms with van der Waals surface area (Å²) in [5, 5.41) is 4.67. The van der Waals surface area contributed by atoms with Crippen molar-refractivity contribution in [1.82, 2.24) is 24.1 Å². The molecule has 6 nitrogen and oxygen atoms in total. The predicted molar refractivity (Wildman–Crippen MR) is 256 cm³/mol. The fourth-order valence-electron chi connectivity index (χ4n) is 9.97. The van der Waals surface area contributed by atoms with Gasteiger partial charge in [0.25, 0.3) is 0 Å². The molecule has 0 bridgehead atoms. The summed E-state index contributed by atoms with van der Waals surface area (Å²) in [5.74, 6) is 1.82. The monoisotopic (exact) mass is 817 g/mol. The molecule has 0 atom stereocenters. The molecule has 12 rings (SSSR count). The van der Waals surface area contributed by atoms with Crippen molar-refractivity contribution in [3.8, 4) is 55.4 Å². The van der Waals surface area contributed by atoms with Crippen molar-refractivity contribution in [3.05, 3.63) is 188 Å². The standard InChI is InChI=1S/C55H41N6S/c1-4-55(5-2)35(3)41-33-50(62-51(41)47-27-17-18-30-59(47)55)38-28-29-46-42(31-38)44-32-43-40-25-15-16-26-45(40)60(39-23-13-8-14-24-39)48(43)34-49(44)61(46)54-57-52(36-19-9-6-10-20-36)56-53(58-54)37-21-11-7-12-22-37/h6-34H,3-5H2,1-2H3/q+1. The molecule has 0 saturated heterocycles. The summed E-state index contributed by atoms with van der Waals surface area (Å²) in [4.78, 5) is 18.1. The fraction of sp³-hybridized carbons (Fsp3) is 0.0909. The molecule has 6 heterocycles. The van der Waals surface area contributed by atoms with Gasteiger partial charge in [-0.15, -0.1) is 11.3 Å². The van der Waals surface area contributed by atoms with Crippen molar-refractivity contribution in [3.63, 3.8) is 0 Å². The normalized spacial score (nSPS) is 13.3. The van der Waals surface area contributed by atoms with Crippen molar-refractivity contribution >= 4 is 60.5 Å². The molecule has 0 saturated carbocycles. The van der Waals surface area contributed by atoms with Gasteiger partial charge in [0.1, 0.15) is 4.88 Å². The third kappa shape index (κ3) is 5.34. The molecule has 0 radical (unpaired) electrons. The molecular formula is C55H41N6S+. The minimum absolute atomic E-state index is 0.161. The van der Waals surface area contributed by atoms with Gasteiger partial charge in [0.15, 0.2) is 23.4 Å². The Bertz CT molecular complexity index is 3500. The zero-order valence-electron chi connectivity index (χ0n) is 34.5. The van der Waals surface area contributed by atoms with Crippen LogP contribution in [0, 0.1) is 0 Å². The van der Waals surface area contributed by atoms with E-state index in [0.717, 1.165) is 62.5 Å². The Morgan fingerprint density at radius 3 is 1.84 bits per heavy atom. The molecule has 1 aliphatic heterocycles. The van der Waals surface area contributed by atoms with E-state index in [9.17, 15) is 0 Å². The third-order valence-electron chi connectivity index (χ3n) is 13.1. The maximum absolute atomic E-state index is 5.28. The minimum atomic E-state index is -0.161. The summed E-state index contributed by atoms with van der Waals surface area (Å²) in [5.41, 5.74) is 12.0. The number of thiophene rings is 1. The minimum Gasteiger partial charge on any atom is -0.309 e. The zero-order valence-corrected chi connectivity index (χ0v) is 35.3. The van der Waals surface area contributed by atoms with E-state index < -0.39 is 0 Å². The van der Waals surface area contributed by atoms with Gasteiger partial charge in [-0.25, -0.2) is 4.98 Å². The molecule has 0 amide bonds. The number of pyridine rings is 1. The largest absolute Gasteiger partial charge is 0.309 e. The van der Waals surface area contributed by atoms with Crippen LogP contribution in [0.2, 0.25) is 0 Å². The predicted octanol–water partition coefficient (Wildman–Crippen LogP) is 13.6. The first kappa shape index (κ1) is 36.4. The van der Waals surface area contributed by atoms with Crippen LogP contribution in [0.5, 0.6) is 0 Å². The Morgan fingerprint density at radius 1 is 0.532 bits per heavy atom. The van der Waals surface area contributed by atoms with Crippen molar-refractivity contribution in [2.45, 2.75) is 32.2 Å². The Labute approximate surface area is 363 Å². The molecule has 296 valence electrons. The second-order valence-corrected chi connectivity index (χ2v) is 17.2. The third-order valence-corrected chi connectivity index (χ3v) is 14.3. The zero-order chi connectivity index (χ0) is 41.5. The second kappa shape index (κ2) is 14.0. The average Bonchev–Trinajstić information content (AvgIpc) is 4.03. The van der Waals surface area contributed by atoms with Crippen molar-refractivity contribution in [2.75, 3.05) is 0 Å². The highest BCUT2D eigenvalue weighted by atomic mass is 32.1. The van der Waals surface area contributed by atoms with E-state index in [1.807, 2.05) is 47.7 Å². The molecule has 5 aromatic heterocycles. The summed E-state index contributed by atoms with van der Waals surface area (Å²) in [6, 6.07) is 60.3. The lowest BCUT2D eigenvalue weighted by molar-refractivity contribution is -0.741. The molecule has 6 aromatic carbocycles. The Balaban J connectivity index is 1.15. The van der Waals surface area contributed by atoms with Crippen LogP contribution >= 0.6 is 11.3 Å². The molecule has 0 N–H and O–H groups in total. The van der Waals surface area contributed by atoms with E-state index in [1.165, 1.54) is 42.9 Å². The Hall–Kier alpha value is -7.48. The smallest absolute Gasteiger partial charge is 0.238 e. The van der Waals surface area contributed by atoms with Gasteiger partial charge >= 0.3 is 0 Å². The number of para-hydroxylation sites is 2. The first-order valence-corrected chi connectivity index (χ1v) is 22.2. The first-order valence-electron chi connectivity index (χ1n) is 21.3. The Kier molecular flexibility index (Phi) is 8.24. The summed E-state index contributed by atoms with van der Waals surface area (Å²) in [6.07, 6.45) is 4.19. The summed E-state index contributed by atoms with van der Waals surface area (Å²) in [7, 11) is 0. The molecule has 11 aromatic rings. The number of benzene rings is 6. The lowest BCUT2D eigenvalue weighted by Gasteiger charge is -2.33. The highest BCUT2D eigenvalue weighted by molar-refractivity contribution is 7.19. The maximum Gasteiger partial charge on any atom is 0.238 e. The van der Waals surface area contributed by atoms with E-state index in [-0.39, 0.29) is 5.54 Å². The quantitative estimate of drug-likeness (QED) is 0.151. The van der Waals surface area contributed by atoms with Crippen LogP contribution in [0.25, 0.3) is 105 Å². The number of fused-ring (bicyclic) bond motifs is 9.